The van der Waals surface area contributed by atoms with Crippen LogP contribution in [0.2, 0.25) is 0 Å². The first-order valence-corrected chi connectivity index (χ1v) is 8.95. The van der Waals surface area contributed by atoms with Crippen LogP contribution in [0.3, 0.4) is 0 Å². The molecule has 0 spiro atoms. The summed E-state index contributed by atoms with van der Waals surface area (Å²) in [6.45, 7) is 3.62. The molecule has 0 unspecified atom stereocenters. The van der Waals surface area contributed by atoms with Crippen LogP contribution in [-0.4, -0.2) is 25.9 Å². The first kappa shape index (κ1) is 16.6. The third-order valence-electron chi connectivity index (χ3n) is 2.82. The number of benzene rings is 1. The van der Waals surface area contributed by atoms with Crippen LogP contribution in [0.4, 0.5) is 5.69 Å². The number of hydrogen-bond acceptors (Lipinski definition) is 5. The van der Waals surface area contributed by atoms with Gasteiger partial charge in [-0.25, -0.2) is 18.1 Å². The molecule has 1 aromatic carbocycles. The van der Waals surface area contributed by atoms with Crippen LogP contribution in [0.15, 0.2) is 35.4 Å². The molecule has 118 valence electrons. The number of rotatable bonds is 6. The Morgan fingerprint density at radius 1 is 1.27 bits per heavy atom. The second-order valence-corrected chi connectivity index (χ2v) is 7.79. The summed E-state index contributed by atoms with van der Waals surface area (Å²) in [6, 6.07) is 6.04. The zero-order valence-electron chi connectivity index (χ0n) is 12.3. The molecule has 0 saturated heterocycles. The van der Waals surface area contributed by atoms with Crippen LogP contribution in [0, 0.1) is 6.92 Å². The number of carbonyl (C=O) groups excluding carboxylic acids is 1. The highest BCUT2D eigenvalue weighted by atomic mass is 32.2. The standard InChI is InChI=1S/C14H17N3O3S2/c1-10(18)17-12-3-5-14(6-4-12)22(19,20)16-8-7-13-9-15-11(2)21-13/h3-6,9,16H,7-8H2,1-2H3,(H,17,18). The fourth-order valence-electron chi connectivity index (χ4n) is 1.83. The van der Waals surface area contributed by atoms with E-state index in [1.54, 1.807) is 29.7 Å². The van der Waals surface area contributed by atoms with Gasteiger partial charge in [0.25, 0.3) is 0 Å². The molecule has 0 bridgehead atoms. The van der Waals surface area contributed by atoms with Gasteiger partial charge in [-0.3, -0.25) is 4.79 Å². The van der Waals surface area contributed by atoms with Crippen molar-refractivity contribution >= 4 is 33.0 Å². The average molecular weight is 339 g/mol. The first-order valence-electron chi connectivity index (χ1n) is 6.65. The summed E-state index contributed by atoms with van der Waals surface area (Å²) in [5.41, 5.74) is 0.562. The summed E-state index contributed by atoms with van der Waals surface area (Å²) in [5, 5.41) is 3.55. The van der Waals surface area contributed by atoms with Gasteiger partial charge < -0.3 is 5.32 Å². The molecule has 1 heterocycles. The maximum Gasteiger partial charge on any atom is 0.240 e. The molecule has 0 saturated carbocycles. The molecule has 2 rings (SSSR count). The highest BCUT2D eigenvalue weighted by molar-refractivity contribution is 7.89. The van der Waals surface area contributed by atoms with E-state index < -0.39 is 10.0 Å². The van der Waals surface area contributed by atoms with Crippen molar-refractivity contribution in [1.82, 2.24) is 9.71 Å². The highest BCUT2D eigenvalue weighted by Crippen LogP contribution is 2.15. The molecule has 0 aliphatic rings. The minimum atomic E-state index is -3.55. The van der Waals surface area contributed by atoms with E-state index in [1.165, 1.54) is 19.1 Å². The lowest BCUT2D eigenvalue weighted by Crippen LogP contribution is -2.25. The summed E-state index contributed by atoms with van der Waals surface area (Å²) in [4.78, 5) is 16.3. The second-order valence-electron chi connectivity index (χ2n) is 4.70. The predicted octanol–water partition coefficient (Wildman–Crippen LogP) is 1.93. The number of hydrogen-bond donors (Lipinski definition) is 2. The Labute approximate surface area is 133 Å². The van der Waals surface area contributed by atoms with Crippen LogP contribution >= 0.6 is 11.3 Å². The molecular weight excluding hydrogens is 322 g/mol. The Bertz CT molecular complexity index is 752. The van der Waals surface area contributed by atoms with Gasteiger partial charge in [-0.2, -0.15) is 0 Å². The Balaban J connectivity index is 1.96. The van der Waals surface area contributed by atoms with Crippen LogP contribution in [0.5, 0.6) is 0 Å². The van der Waals surface area contributed by atoms with Crippen LogP contribution in [0.25, 0.3) is 0 Å². The number of thiazole rings is 1. The lowest BCUT2D eigenvalue weighted by atomic mass is 10.3. The van der Waals surface area contributed by atoms with Crippen LogP contribution in [0.1, 0.15) is 16.8 Å². The third kappa shape index (κ3) is 4.62. The van der Waals surface area contributed by atoms with Crippen molar-refractivity contribution in [2.24, 2.45) is 0 Å². The fourth-order valence-corrected chi connectivity index (χ4v) is 3.66. The number of nitrogens with one attached hydrogen (secondary N) is 2. The summed E-state index contributed by atoms with van der Waals surface area (Å²) < 4.78 is 26.9. The zero-order chi connectivity index (χ0) is 16.2. The molecule has 6 nitrogen and oxygen atoms in total. The molecule has 0 aliphatic carbocycles. The predicted molar refractivity (Wildman–Crippen MR) is 86.5 cm³/mol. The van der Waals surface area contributed by atoms with Gasteiger partial charge in [-0.1, -0.05) is 0 Å². The number of amides is 1. The fraction of sp³-hybridized carbons (Fsp3) is 0.286. The molecule has 0 atom stereocenters. The Kier molecular flexibility index (Phi) is 5.28. The normalized spacial score (nSPS) is 11.4. The van der Waals surface area contributed by atoms with Crippen molar-refractivity contribution in [3.05, 3.63) is 40.3 Å². The van der Waals surface area contributed by atoms with Crippen LogP contribution in [-0.2, 0) is 21.2 Å². The topological polar surface area (TPSA) is 88.2 Å². The maximum absolute atomic E-state index is 12.2. The van der Waals surface area contributed by atoms with E-state index >= 15 is 0 Å². The number of nitrogens with zero attached hydrogens (tertiary/aromatic N) is 1. The SMILES string of the molecule is CC(=O)Nc1ccc(S(=O)(=O)NCCc2cnc(C)s2)cc1. The minimum absolute atomic E-state index is 0.169. The first-order chi connectivity index (χ1) is 10.4. The van der Waals surface area contributed by atoms with Gasteiger partial charge in [0.05, 0.1) is 9.90 Å². The average Bonchev–Trinajstić information content (AvgIpc) is 2.84. The van der Waals surface area contributed by atoms with E-state index in [0.29, 0.717) is 18.7 Å². The third-order valence-corrected chi connectivity index (χ3v) is 5.27. The summed E-state index contributed by atoms with van der Waals surface area (Å²) in [5.74, 6) is -0.200. The van der Waals surface area contributed by atoms with Crippen molar-refractivity contribution in [2.45, 2.75) is 25.2 Å². The number of aryl methyl sites for hydroxylation is 1. The lowest BCUT2D eigenvalue weighted by Gasteiger charge is -2.07. The Hall–Kier alpha value is -1.77. The molecule has 0 aliphatic heterocycles. The van der Waals surface area contributed by atoms with Gasteiger partial charge in [0.15, 0.2) is 0 Å². The van der Waals surface area contributed by atoms with Crippen molar-refractivity contribution < 1.29 is 13.2 Å². The molecule has 2 aromatic rings. The smallest absolute Gasteiger partial charge is 0.240 e. The molecular formula is C14H17N3O3S2. The Morgan fingerprint density at radius 3 is 2.50 bits per heavy atom. The van der Waals surface area contributed by atoms with Crippen molar-refractivity contribution in [3.8, 4) is 0 Å². The van der Waals surface area contributed by atoms with Gasteiger partial charge in [0, 0.05) is 30.2 Å². The van der Waals surface area contributed by atoms with Gasteiger partial charge >= 0.3 is 0 Å². The van der Waals surface area contributed by atoms with Gasteiger partial charge in [-0.15, -0.1) is 11.3 Å². The summed E-state index contributed by atoms with van der Waals surface area (Å²) in [7, 11) is -3.55. The Morgan fingerprint density at radius 2 is 1.95 bits per heavy atom. The number of sulfonamides is 1. The lowest BCUT2D eigenvalue weighted by molar-refractivity contribution is -0.114. The van der Waals surface area contributed by atoms with Crippen molar-refractivity contribution in [3.63, 3.8) is 0 Å². The highest BCUT2D eigenvalue weighted by Gasteiger charge is 2.13. The molecule has 0 radical (unpaired) electrons. The van der Waals surface area contributed by atoms with Gasteiger partial charge in [0.2, 0.25) is 15.9 Å². The number of anilines is 1. The second kappa shape index (κ2) is 6.99. The molecule has 0 fully saturated rings. The van der Waals surface area contributed by atoms with E-state index in [2.05, 4.69) is 15.0 Å². The minimum Gasteiger partial charge on any atom is -0.326 e. The molecule has 1 amide bonds. The molecule has 22 heavy (non-hydrogen) atoms. The zero-order valence-corrected chi connectivity index (χ0v) is 13.9. The largest absolute Gasteiger partial charge is 0.326 e. The maximum atomic E-state index is 12.2. The summed E-state index contributed by atoms with van der Waals surface area (Å²) in [6.07, 6.45) is 2.37. The number of carbonyl (C=O) groups is 1. The quantitative estimate of drug-likeness (QED) is 0.842. The van der Waals surface area contributed by atoms with E-state index in [4.69, 9.17) is 0 Å². The van der Waals surface area contributed by atoms with Gasteiger partial charge in [-0.05, 0) is 37.6 Å². The number of aromatic nitrogens is 1. The van der Waals surface area contributed by atoms with E-state index in [9.17, 15) is 13.2 Å². The van der Waals surface area contributed by atoms with E-state index in [0.717, 1.165) is 9.88 Å². The van der Waals surface area contributed by atoms with Crippen LogP contribution < -0.4 is 10.0 Å². The van der Waals surface area contributed by atoms with E-state index in [-0.39, 0.29) is 10.8 Å². The summed E-state index contributed by atoms with van der Waals surface area (Å²) >= 11 is 1.56. The van der Waals surface area contributed by atoms with Crippen molar-refractivity contribution in [2.75, 3.05) is 11.9 Å². The van der Waals surface area contributed by atoms with Gasteiger partial charge in [0.1, 0.15) is 0 Å². The van der Waals surface area contributed by atoms with E-state index in [1.807, 2.05) is 6.92 Å². The molecule has 8 heteroatoms. The molecule has 1 aromatic heterocycles. The molecule has 2 N–H and O–H groups in total. The monoisotopic (exact) mass is 339 g/mol. The van der Waals surface area contributed by atoms with Crippen molar-refractivity contribution in [1.29, 1.82) is 0 Å².